The molecule has 1 aliphatic carbocycles. The Balaban J connectivity index is 1.40. The van der Waals surface area contributed by atoms with Crippen molar-refractivity contribution in [2.45, 2.75) is 38.8 Å². The number of carbonyl (C=O) groups is 3. The van der Waals surface area contributed by atoms with Crippen LogP contribution in [-0.4, -0.2) is 35.5 Å². The van der Waals surface area contributed by atoms with E-state index in [1.54, 1.807) is 30.3 Å². The lowest BCUT2D eigenvalue weighted by Crippen LogP contribution is -2.26. The molecular weight excluding hydrogens is 552 g/mol. The molecule has 0 aliphatic heterocycles. The minimum Gasteiger partial charge on any atom is -0.397 e. The van der Waals surface area contributed by atoms with Crippen LogP contribution in [0, 0.1) is 6.92 Å². The lowest BCUT2D eigenvalue weighted by Gasteiger charge is -2.10. The van der Waals surface area contributed by atoms with E-state index in [4.69, 9.17) is 15.5 Å². The minimum atomic E-state index is -0.627. The smallest absolute Gasteiger partial charge is 0.397 e. The maximum atomic E-state index is 12.8. The number of thiazole rings is 1. The lowest BCUT2D eigenvalue weighted by molar-refractivity contribution is -0.116. The molecule has 0 spiro atoms. The molecule has 3 aromatic carbocycles. The Hall–Kier alpha value is -4.74. The van der Waals surface area contributed by atoms with Gasteiger partial charge in [0.1, 0.15) is 5.69 Å². The highest BCUT2D eigenvalue weighted by Gasteiger charge is 2.24. The second-order valence-corrected chi connectivity index (χ2v) is 10.9. The van der Waals surface area contributed by atoms with Crippen molar-refractivity contribution in [2.75, 3.05) is 17.2 Å². The summed E-state index contributed by atoms with van der Waals surface area (Å²) in [5, 5.41) is 12.6. The number of hydrogen-bond donors (Lipinski definition) is 5. The molecule has 5 rings (SSSR count). The Labute approximate surface area is 247 Å². The van der Waals surface area contributed by atoms with Gasteiger partial charge in [-0.2, -0.15) is 0 Å². The molecule has 216 valence electrons. The summed E-state index contributed by atoms with van der Waals surface area (Å²) in [7, 11) is 0. The Morgan fingerprint density at radius 3 is 2.60 bits per heavy atom. The topological polar surface area (TPSA) is 147 Å². The third kappa shape index (κ3) is 7.71. The number of hydrogen-bond acceptors (Lipinski definition) is 8. The lowest BCUT2D eigenvalue weighted by atomic mass is 10.1. The molecule has 0 bridgehead atoms. The van der Waals surface area contributed by atoms with Crippen molar-refractivity contribution in [3.05, 3.63) is 89.5 Å². The van der Waals surface area contributed by atoms with Gasteiger partial charge in [0.25, 0.3) is 5.91 Å². The maximum absolute atomic E-state index is 12.8. The van der Waals surface area contributed by atoms with E-state index in [9.17, 15) is 14.4 Å². The van der Waals surface area contributed by atoms with E-state index in [0.717, 1.165) is 35.3 Å². The number of nitrogens with zero attached hydrogens (tertiary/aromatic N) is 1. The quantitative estimate of drug-likeness (QED) is 0.160. The molecule has 1 heterocycles. The van der Waals surface area contributed by atoms with Crippen molar-refractivity contribution in [1.82, 2.24) is 15.6 Å². The third-order valence-electron chi connectivity index (χ3n) is 6.51. The van der Waals surface area contributed by atoms with E-state index < -0.39 is 6.09 Å². The fourth-order valence-electron chi connectivity index (χ4n) is 4.11. The first-order valence-electron chi connectivity index (χ1n) is 13.7. The van der Waals surface area contributed by atoms with Crippen LogP contribution in [0.2, 0.25) is 0 Å². The van der Waals surface area contributed by atoms with E-state index in [-0.39, 0.29) is 35.9 Å². The van der Waals surface area contributed by atoms with Crippen LogP contribution in [0.4, 0.5) is 21.3 Å². The molecule has 1 aromatic heterocycles. The predicted octanol–water partition coefficient (Wildman–Crippen LogP) is 5.33. The summed E-state index contributed by atoms with van der Waals surface area (Å²) >= 11 is 1.16. The van der Waals surface area contributed by atoms with Gasteiger partial charge < -0.3 is 31.7 Å². The summed E-state index contributed by atoms with van der Waals surface area (Å²) in [5.41, 5.74) is 10.2. The van der Waals surface area contributed by atoms with Crippen molar-refractivity contribution in [3.63, 3.8) is 0 Å². The number of nitrogens with one attached hydrogen (secondary N) is 4. The number of carbonyl (C=O) groups excluding carboxylic acids is 3. The van der Waals surface area contributed by atoms with E-state index in [1.165, 1.54) is 0 Å². The monoisotopic (exact) mass is 584 g/mol. The average Bonchev–Trinajstić information content (AvgIpc) is 3.71. The van der Waals surface area contributed by atoms with Crippen LogP contribution < -0.4 is 31.7 Å². The fourth-order valence-corrected chi connectivity index (χ4v) is 4.96. The van der Waals surface area contributed by atoms with Crippen LogP contribution in [0.25, 0.3) is 11.3 Å². The van der Waals surface area contributed by atoms with E-state index in [1.807, 2.05) is 49.4 Å². The first-order valence-corrected chi connectivity index (χ1v) is 14.5. The van der Waals surface area contributed by atoms with Crippen molar-refractivity contribution in [1.29, 1.82) is 0 Å². The Bertz CT molecular complexity index is 1590. The summed E-state index contributed by atoms with van der Waals surface area (Å²) in [6, 6.07) is 22.3. The van der Waals surface area contributed by atoms with Gasteiger partial charge in [0.05, 0.1) is 0 Å². The number of rotatable bonds is 11. The zero-order valence-corrected chi connectivity index (χ0v) is 23.9. The molecule has 10 nitrogen and oxygen atoms in total. The predicted molar refractivity (Wildman–Crippen MR) is 164 cm³/mol. The van der Waals surface area contributed by atoms with Gasteiger partial charge in [0.2, 0.25) is 11.0 Å². The highest BCUT2D eigenvalue weighted by molar-refractivity contribution is 7.18. The van der Waals surface area contributed by atoms with Gasteiger partial charge >= 0.3 is 6.09 Å². The van der Waals surface area contributed by atoms with Gasteiger partial charge in [-0.1, -0.05) is 59.9 Å². The van der Waals surface area contributed by atoms with E-state index >= 15 is 0 Å². The Morgan fingerprint density at radius 2 is 1.83 bits per heavy atom. The molecule has 1 aliphatic rings. The normalized spacial score (nSPS) is 12.3. The van der Waals surface area contributed by atoms with Crippen molar-refractivity contribution in [2.24, 2.45) is 5.73 Å². The zero-order chi connectivity index (χ0) is 29.5. The van der Waals surface area contributed by atoms with Crippen LogP contribution >= 0.6 is 11.3 Å². The molecule has 42 heavy (non-hydrogen) atoms. The Kier molecular flexibility index (Phi) is 9.10. The van der Waals surface area contributed by atoms with Crippen molar-refractivity contribution < 1.29 is 19.1 Å². The summed E-state index contributed by atoms with van der Waals surface area (Å²) in [6.07, 6.45) is 1.58. The van der Waals surface area contributed by atoms with Gasteiger partial charge in [-0.05, 0) is 55.2 Å². The standard InChI is InChI=1S/C31H32N6O4S/c1-19-10-11-22(28(39)35-23-12-13-23)17-25(19)36-30-37-27(21-8-5-9-24(16-21)34-26(38)14-15-32)29(42-30)41-31(40)33-18-20-6-3-2-4-7-20/h2-11,16-17,23H,12-15,18,32H2,1H3,(H,33,40)(H,34,38)(H,35,39)(H,36,37). The van der Waals surface area contributed by atoms with Gasteiger partial charge in [-0.15, -0.1) is 0 Å². The molecule has 4 aromatic rings. The first kappa shape index (κ1) is 28.8. The maximum Gasteiger partial charge on any atom is 0.413 e. The number of anilines is 3. The molecule has 1 saturated carbocycles. The van der Waals surface area contributed by atoms with Gasteiger partial charge in [-0.25, -0.2) is 9.78 Å². The Morgan fingerprint density at radius 1 is 1.02 bits per heavy atom. The molecular formula is C31H32N6O4S. The third-order valence-corrected chi connectivity index (χ3v) is 7.36. The molecule has 3 amide bonds. The summed E-state index contributed by atoms with van der Waals surface area (Å²) in [4.78, 5) is 42.3. The molecule has 6 N–H and O–H groups in total. The van der Waals surface area contributed by atoms with Gasteiger partial charge in [-0.3, -0.25) is 9.59 Å². The highest BCUT2D eigenvalue weighted by Crippen LogP contribution is 2.40. The molecule has 0 saturated heterocycles. The van der Waals surface area contributed by atoms with Crippen LogP contribution in [-0.2, 0) is 11.3 Å². The molecule has 1 fully saturated rings. The zero-order valence-electron chi connectivity index (χ0n) is 23.1. The van der Waals surface area contributed by atoms with Crippen molar-refractivity contribution in [3.8, 4) is 16.3 Å². The number of amides is 3. The number of aromatic nitrogens is 1. The minimum absolute atomic E-state index is 0.118. The van der Waals surface area contributed by atoms with Crippen LogP contribution in [0.15, 0.2) is 72.8 Å². The fraction of sp³-hybridized carbons (Fsp3) is 0.226. The number of benzene rings is 3. The molecule has 0 atom stereocenters. The molecule has 11 heteroatoms. The van der Waals surface area contributed by atoms with Crippen molar-refractivity contribution >= 4 is 45.8 Å². The van der Waals surface area contributed by atoms with E-state index in [0.29, 0.717) is 39.9 Å². The number of nitrogens with two attached hydrogens (primary N) is 1. The van der Waals surface area contributed by atoms with Gasteiger partial charge in [0.15, 0.2) is 5.13 Å². The second kappa shape index (κ2) is 13.3. The number of ether oxygens (including phenoxy) is 1. The summed E-state index contributed by atoms with van der Waals surface area (Å²) in [6.45, 7) is 2.48. The second-order valence-electron chi connectivity index (χ2n) is 9.95. The number of aryl methyl sites for hydroxylation is 1. The van der Waals surface area contributed by atoms with Crippen LogP contribution in [0.1, 0.15) is 40.7 Å². The first-order chi connectivity index (χ1) is 20.4. The highest BCUT2D eigenvalue weighted by atomic mass is 32.1. The summed E-state index contributed by atoms with van der Waals surface area (Å²) in [5.74, 6) is -0.318. The average molecular weight is 585 g/mol. The van der Waals surface area contributed by atoms with Crippen LogP contribution in [0.5, 0.6) is 5.06 Å². The SMILES string of the molecule is Cc1ccc(C(=O)NC2CC2)cc1Nc1nc(-c2cccc(NC(=O)CCN)c2)c(OC(=O)NCc2ccccc2)s1. The molecule has 0 radical (unpaired) electrons. The van der Waals surface area contributed by atoms with Crippen LogP contribution in [0.3, 0.4) is 0 Å². The largest absolute Gasteiger partial charge is 0.413 e. The molecule has 0 unspecified atom stereocenters. The van der Waals surface area contributed by atoms with E-state index in [2.05, 4.69) is 21.3 Å². The summed E-state index contributed by atoms with van der Waals surface area (Å²) < 4.78 is 5.74. The van der Waals surface area contributed by atoms with Gasteiger partial charge in [0, 0.05) is 48.1 Å².